The molecule has 0 saturated heterocycles. The first-order chi connectivity index (χ1) is 15.1. The number of amides is 1. The molecule has 5 nitrogen and oxygen atoms in total. The molecule has 3 heterocycles. The Hall–Kier alpha value is -2.70. The predicted octanol–water partition coefficient (Wildman–Crippen LogP) is 5.45. The minimum Gasteiger partial charge on any atom is -0.483 e. The fourth-order valence-electron chi connectivity index (χ4n) is 4.97. The van der Waals surface area contributed by atoms with Crippen LogP contribution in [-0.2, 0) is 14.3 Å². The first-order valence-corrected chi connectivity index (χ1v) is 11.7. The number of para-hydroxylation sites is 1. The summed E-state index contributed by atoms with van der Waals surface area (Å²) in [6.45, 7) is 0. The molecule has 156 valence electrons. The first-order valence-electron chi connectivity index (χ1n) is 10.5. The van der Waals surface area contributed by atoms with Gasteiger partial charge in [-0.25, -0.2) is 4.98 Å². The molecule has 2 aromatic carbocycles. The lowest BCUT2D eigenvalue weighted by molar-refractivity contribution is -0.131. The number of aromatic nitrogens is 1. The second-order valence-corrected chi connectivity index (χ2v) is 9.69. The van der Waals surface area contributed by atoms with E-state index in [1.807, 2.05) is 36.4 Å². The van der Waals surface area contributed by atoms with Crippen LogP contribution in [0.1, 0.15) is 37.3 Å². The van der Waals surface area contributed by atoms with Gasteiger partial charge in [-0.15, -0.1) is 0 Å². The zero-order chi connectivity index (χ0) is 21.1. The second-order valence-electron chi connectivity index (χ2n) is 8.25. The van der Waals surface area contributed by atoms with Gasteiger partial charge < -0.3 is 4.74 Å². The van der Waals surface area contributed by atoms with Crippen LogP contribution in [0.2, 0.25) is 5.02 Å². The minimum atomic E-state index is -0.560. The number of thiazole rings is 1. The maximum absolute atomic E-state index is 13.6. The molecule has 0 radical (unpaired) electrons. The van der Waals surface area contributed by atoms with Crippen LogP contribution in [-0.4, -0.2) is 22.8 Å². The van der Waals surface area contributed by atoms with Crippen molar-refractivity contribution in [1.82, 2.24) is 4.98 Å². The Labute approximate surface area is 188 Å². The van der Waals surface area contributed by atoms with Crippen LogP contribution < -0.4 is 4.90 Å². The highest BCUT2D eigenvalue weighted by molar-refractivity contribution is 7.22. The number of hydrogen-bond acceptors (Lipinski definition) is 5. The summed E-state index contributed by atoms with van der Waals surface area (Å²) in [5.41, 5.74) is 2.12. The number of fused-ring (bicyclic) bond motifs is 2. The maximum atomic E-state index is 13.6. The quantitative estimate of drug-likeness (QED) is 0.521. The van der Waals surface area contributed by atoms with Gasteiger partial charge in [0, 0.05) is 5.02 Å². The Kier molecular flexibility index (Phi) is 4.40. The molecule has 6 rings (SSSR count). The minimum absolute atomic E-state index is 0.0443. The number of benzene rings is 2. The van der Waals surface area contributed by atoms with Crippen molar-refractivity contribution in [1.29, 1.82) is 0 Å². The molecule has 3 atom stereocenters. The Bertz CT molecular complexity index is 1220. The normalized spacial score (nSPS) is 25.6. The molecular weight excluding hydrogens is 432 g/mol. The van der Waals surface area contributed by atoms with E-state index < -0.39 is 6.04 Å². The van der Waals surface area contributed by atoms with Crippen LogP contribution in [0.4, 0.5) is 5.13 Å². The molecule has 2 aliphatic heterocycles. The molecule has 0 bridgehead atoms. The monoisotopic (exact) mass is 450 g/mol. The van der Waals surface area contributed by atoms with Crippen LogP contribution in [0.5, 0.6) is 0 Å². The lowest BCUT2D eigenvalue weighted by atomic mass is 9.77. The lowest BCUT2D eigenvalue weighted by Crippen LogP contribution is -2.39. The number of rotatable bonds is 2. The molecular formula is C24H19ClN2O3S. The summed E-state index contributed by atoms with van der Waals surface area (Å²) in [6, 6.07) is 14.5. The molecule has 3 aromatic rings. The first kappa shape index (κ1) is 19.0. The molecule has 1 fully saturated rings. The van der Waals surface area contributed by atoms with Gasteiger partial charge in [0.25, 0.3) is 5.91 Å². The van der Waals surface area contributed by atoms with Gasteiger partial charge in [-0.2, -0.15) is 0 Å². The fraction of sp³-hybridized carbons (Fsp3) is 0.292. The van der Waals surface area contributed by atoms with Crippen molar-refractivity contribution in [2.24, 2.45) is 5.92 Å². The third kappa shape index (κ3) is 2.92. The standard InChI is InChI=1S/C24H19ClN2O3S/c25-14-11-9-13(10-12-14)20-19-21(28)15-5-1-3-7-17(15)30-22(19)23(29)27(20)24-26-16-6-2-4-8-18(16)31-24/h2,4,6,8-12,15,17,20H,1,3,5,7H2. The number of carbonyl (C=O) groups is 2. The fourth-order valence-corrected chi connectivity index (χ4v) is 6.08. The molecule has 1 saturated carbocycles. The van der Waals surface area contributed by atoms with E-state index >= 15 is 0 Å². The maximum Gasteiger partial charge on any atom is 0.296 e. The number of hydrogen-bond donors (Lipinski definition) is 0. The average molecular weight is 451 g/mol. The zero-order valence-electron chi connectivity index (χ0n) is 16.6. The lowest BCUT2D eigenvalue weighted by Gasteiger charge is -2.35. The number of ketones is 1. The summed E-state index contributed by atoms with van der Waals surface area (Å²) >= 11 is 7.56. The molecule has 0 spiro atoms. The Morgan fingerprint density at radius 3 is 2.61 bits per heavy atom. The average Bonchev–Trinajstić information content (AvgIpc) is 3.33. The summed E-state index contributed by atoms with van der Waals surface area (Å²) in [5.74, 6) is -0.216. The number of carbonyl (C=O) groups excluding carboxylic acids is 2. The number of ether oxygens (including phenoxy) is 1. The van der Waals surface area contributed by atoms with E-state index in [1.165, 1.54) is 11.3 Å². The smallest absolute Gasteiger partial charge is 0.296 e. The summed E-state index contributed by atoms with van der Waals surface area (Å²) in [5, 5.41) is 1.17. The van der Waals surface area contributed by atoms with Gasteiger partial charge in [0.1, 0.15) is 6.10 Å². The van der Waals surface area contributed by atoms with Crippen LogP contribution in [0, 0.1) is 5.92 Å². The molecule has 7 heteroatoms. The van der Waals surface area contributed by atoms with Gasteiger partial charge in [-0.3, -0.25) is 14.5 Å². The summed E-state index contributed by atoms with van der Waals surface area (Å²) in [6.07, 6.45) is 3.45. The Morgan fingerprint density at radius 2 is 1.81 bits per heavy atom. The highest BCUT2D eigenvalue weighted by Gasteiger charge is 2.53. The molecule has 1 aliphatic carbocycles. The van der Waals surface area contributed by atoms with E-state index in [4.69, 9.17) is 21.3 Å². The van der Waals surface area contributed by atoms with E-state index in [2.05, 4.69) is 0 Å². The van der Waals surface area contributed by atoms with E-state index in [9.17, 15) is 9.59 Å². The third-order valence-electron chi connectivity index (χ3n) is 6.44. The number of nitrogens with zero attached hydrogens (tertiary/aromatic N) is 2. The van der Waals surface area contributed by atoms with Crippen LogP contribution in [0.15, 0.2) is 59.9 Å². The second kappa shape index (κ2) is 7.18. The number of Topliss-reactive ketones (excluding diaryl/α,β-unsaturated/α-hetero) is 1. The van der Waals surface area contributed by atoms with E-state index in [-0.39, 0.29) is 29.5 Å². The van der Waals surface area contributed by atoms with Crippen molar-refractivity contribution in [3.8, 4) is 0 Å². The summed E-state index contributed by atoms with van der Waals surface area (Å²) < 4.78 is 7.21. The molecule has 1 aromatic heterocycles. The van der Waals surface area contributed by atoms with Crippen molar-refractivity contribution in [2.75, 3.05) is 4.90 Å². The van der Waals surface area contributed by atoms with Gasteiger partial charge >= 0.3 is 0 Å². The van der Waals surface area contributed by atoms with Gasteiger partial charge in [-0.05, 0) is 49.1 Å². The highest BCUT2D eigenvalue weighted by atomic mass is 35.5. The number of halogens is 1. The molecule has 0 N–H and O–H groups in total. The largest absolute Gasteiger partial charge is 0.483 e. The summed E-state index contributed by atoms with van der Waals surface area (Å²) in [4.78, 5) is 33.6. The molecule has 3 aliphatic rings. The van der Waals surface area contributed by atoms with E-state index in [1.54, 1.807) is 17.0 Å². The van der Waals surface area contributed by atoms with Crippen LogP contribution in [0.3, 0.4) is 0 Å². The SMILES string of the molecule is O=C1C2=C(OC3CCCCC13)C(=O)N(c1nc3ccccc3s1)C2c1ccc(Cl)cc1. The van der Waals surface area contributed by atoms with Gasteiger partial charge in [0.2, 0.25) is 0 Å². The molecule has 1 amide bonds. The van der Waals surface area contributed by atoms with Gasteiger partial charge in [0.05, 0.1) is 27.7 Å². The van der Waals surface area contributed by atoms with Crippen molar-refractivity contribution in [2.45, 2.75) is 37.8 Å². The Balaban J connectivity index is 1.52. The van der Waals surface area contributed by atoms with Crippen molar-refractivity contribution in [3.63, 3.8) is 0 Å². The van der Waals surface area contributed by atoms with Crippen LogP contribution in [0.25, 0.3) is 10.2 Å². The Morgan fingerprint density at radius 1 is 1.03 bits per heavy atom. The number of anilines is 1. The van der Waals surface area contributed by atoms with Crippen LogP contribution >= 0.6 is 22.9 Å². The zero-order valence-corrected chi connectivity index (χ0v) is 18.2. The third-order valence-corrected chi connectivity index (χ3v) is 7.73. The van der Waals surface area contributed by atoms with Gasteiger partial charge in [0.15, 0.2) is 16.7 Å². The summed E-state index contributed by atoms with van der Waals surface area (Å²) in [7, 11) is 0. The topological polar surface area (TPSA) is 59.5 Å². The van der Waals surface area contributed by atoms with Crippen molar-refractivity contribution in [3.05, 3.63) is 70.4 Å². The highest BCUT2D eigenvalue weighted by Crippen LogP contribution is 2.49. The predicted molar refractivity (Wildman–Crippen MR) is 120 cm³/mol. The van der Waals surface area contributed by atoms with E-state index in [0.717, 1.165) is 41.5 Å². The van der Waals surface area contributed by atoms with Crippen molar-refractivity contribution >= 4 is 50.0 Å². The molecule has 3 unspecified atom stereocenters. The molecule has 31 heavy (non-hydrogen) atoms. The van der Waals surface area contributed by atoms with E-state index in [0.29, 0.717) is 15.7 Å². The van der Waals surface area contributed by atoms with Gasteiger partial charge in [-0.1, -0.05) is 53.6 Å². The van der Waals surface area contributed by atoms with Crippen molar-refractivity contribution < 1.29 is 14.3 Å².